The summed E-state index contributed by atoms with van der Waals surface area (Å²) < 4.78 is 0. The van der Waals surface area contributed by atoms with Crippen LogP contribution in [-0.2, 0) is 6.42 Å². The van der Waals surface area contributed by atoms with E-state index < -0.39 is 0 Å². The second-order valence-electron chi connectivity index (χ2n) is 2.84. The third kappa shape index (κ3) is 2.13. The maximum absolute atomic E-state index is 3.93. The van der Waals surface area contributed by atoms with E-state index in [0.29, 0.717) is 5.92 Å². The first-order valence-electron chi connectivity index (χ1n) is 3.53. The smallest absolute Gasteiger partial charge is 0.115 e. The summed E-state index contributed by atoms with van der Waals surface area (Å²) in [5.41, 5.74) is 1.22. The Labute approximate surface area is 61.3 Å². The Morgan fingerprint density at radius 3 is 2.40 bits per heavy atom. The van der Waals surface area contributed by atoms with Crippen molar-refractivity contribution in [1.29, 1.82) is 0 Å². The molecule has 0 bridgehead atoms. The number of rotatable bonds is 2. The third-order valence-corrected chi connectivity index (χ3v) is 1.26. The Morgan fingerprint density at radius 2 is 1.90 bits per heavy atom. The van der Waals surface area contributed by atoms with Crippen LogP contribution in [0.4, 0.5) is 0 Å². The van der Waals surface area contributed by atoms with E-state index in [1.165, 1.54) is 5.56 Å². The van der Waals surface area contributed by atoms with Crippen molar-refractivity contribution in [2.45, 2.75) is 20.3 Å². The van der Waals surface area contributed by atoms with Gasteiger partial charge >= 0.3 is 0 Å². The zero-order valence-corrected chi connectivity index (χ0v) is 6.41. The molecule has 0 aromatic carbocycles. The molecular weight excluding hydrogens is 124 g/mol. The fraction of sp³-hybridized carbons (Fsp3) is 0.500. The van der Waals surface area contributed by atoms with Crippen LogP contribution in [0.3, 0.4) is 0 Å². The Morgan fingerprint density at radius 1 is 1.30 bits per heavy atom. The minimum absolute atomic E-state index is 0.686. The van der Waals surface area contributed by atoms with Crippen LogP contribution in [0.2, 0.25) is 0 Å². The van der Waals surface area contributed by atoms with Crippen LogP contribution in [0.1, 0.15) is 19.4 Å². The molecule has 0 saturated carbocycles. The van der Waals surface area contributed by atoms with Crippen LogP contribution >= 0.6 is 0 Å². The van der Waals surface area contributed by atoms with Crippen molar-refractivity contribution < 1.29 is 0 Å². The number of aromatic nitrogens is 2. The van der Waals surface area contributed by atoms with Gasteiger partial charge in [0, 0.05) is 12.4 Å². The van der Waals surface area contributed by atoms with Crippen molar-refractivity contribution in [3.05, 3.63) is 24.3 Å². The molecular formula is C8H12N2. The molecule has 0 fully saturated rings. The molecule has 0 atom stereocenters. The minimum Gasteiger partial charge on any atom is -0.245 e. The second-order valence-corrected chi connectivity index (χ2v) is 2.84. The van der Waals surface area contributed by atoms with Crippen molar-refractivity contribution in [1.82, 2.24) is 9.97 Å². The third-order valence-electron chi connectivity index (χ3n) is 1.26. The molecule has 1 aromatic heterocycles. The van der Waals surface area contributed by atoms with Gasteiger partial charge in [0.05, 0.1) is 0 Å². The highest BCUT2D eigenvalue weighted by molar-refractivity contribution is 5.02. The zero-order valence-electron chi connectivity index (χ0n) is 6.41. The molecule has 10 heavy (non-hydrogen) atoms. The van der Waals surface area contributed by atoms with Gasteiger partial charge < -0.3 is 0 Å². The monoisotopic (exact) mass is 136 g/mol. The molecule has 0 saturated heterocycles. The maximum Gasteiger partial charge on any atom is 0.115 e. The predicted molar refractivity (Wildman–Crippen MR) is 40.6 cm³/mol. The average molecular weight is 136 g/mol. The van der Waals surface area contributed by atoms with E-state index in [9.17, 15) is 0 Å². The fourth-order valence-electron chi connectivity index (χ4n) is 0.907. The summed E-state index contributed by atoms with van der Waals surface area (Å²) >= 11 is 0. The van der Waals surface area contributed by atoms with Gasteiger partial charge in [0.25, 0.3) is 0 Å². The van der Waals surface area contributed by atoms with E-state index in [4.69, 9.17) is 0 Å². The molecule has 1 heterocycles. The fourth-order valence-corrected chi connectivity index (χ4v) is 0.907. The summed E-state index contributed by atoms with van der Waals surface area (Å²) in [6, 6.07) is 0. The van der Waals surface area contributed by atoms with Gasteiger partial charge in [-0.15, -0.1) is 0 Å². The van der Waals surface area contributed by atoms with Crippen LogP contribution < -0.4 is 0 Å². The summed E-state index contributed by atoms with van der Waals surface area (Å²) in [5, 5.41) is 0. The quantitative estimate of drug-likeness (QED) is 0.618. The van der Waals surface area contributed by atoms with Crippen LogP contribution in [-0.4, -0.2) is 9.97 Å². The lowest BCUT2D eigenvalue weighted by molar-refractivity contribution is 0.643. The van der Waals surface area contributed by atoms with Gasteiger partial charge in [0.15, 0.2) is 0 Å². The van der Waals surface area contributed by atoms with E-state index in [-0.39, 0.29) is 0 Å². The van der Waals surface area contributed by atoms with Gasteiger partial charge in [-0.05, 0) is 17.9 Å². The minimum atomic E-state index is 0.686. The van der Waals surface area contributed by atoms with Crippen LogP contribution in [0.15, 0.2) is 18.7 Å². The molecule has 0 aliphatic rings. The van der Waals surface area contributed by atoms with Crippen LogP contribution in [0.5, 0.6) is 0 Å². The highest BCUT2D eigenvalue weighted by atomic mass is 14.8. The maximum atomic E-state index is 3.93. The Bertz CT molecular complexity index is 182. The number of hydrogen-bond donors (Lipinski definition) is 0. The first-order chi connectivity index (χ1) is 4.79. The molecule has 0 aliphatic carbocycles. The molecule has 0 amide bonds. The van der Waals surface area contributed by atoms with Crippen molar-refractivity contribution in [3.63, 3.8) is 0 Å². The van der Waals surface area contributed by atoms with Gasteiger partial charge in [-0.25, -0.2) is 9.97 Å². The normalized spacial score (nSPS) is 10.3. The Hall–Kier alpha value is -0.920. The highest BCUT2D eigenvalue weighted by Gasteiger charge is 1.95. The second kappa shape index (κ2) is 3.30. The molecule has 0 radical (unpaired) electrons. The topological polar surface area (TPSA) is 25.8 Å². The average Bonchev–Trinajstić information content (AvgIpc) is 1.88. The molecule has 1 rings (SSSR count). The van der Waals surface area contributed by atoms with Crippen molar-refractivity contribution in [2.75, 3.05) is 0 Å². The van der Waals surface area contributed by atoms with Gasteiger partial charge in [-0.3, -0.25) is 0 Å². The Balaban J connectivity index is 2.59. The SMILES string of the molecule is CC(C)Cc1cncnc1. The number of nitrogens with zero attached hydrogens (tertiary/aromatic N) is 2. The Kier molecular flexibility index (Phi) is 2.37. The molecule has 54 valence electrons. The lowest BCUT2D eigenvalue weighted by Gasteiger charge is -2.01. The molecule has 0 unspecified atom stereocenters. The van der Waals surface area contributed by atoms with Gasteiger partial charge in [-0.1, -0.05) is 13.8 Å². The van der Waals surface area contributed by atoms with E-state index in [1.807, 2.05) is 12.4 Å². The summed E-state index contributed by atoms with van der Waals surface area (Å²) in [6.45, 7) is 4.38. The first-order valence-corrected chi connectivity index (χ1v) is 3.53. The summed E-state index contributed by atoms with van der Waals surface area (Å²) in [7, 11) is 0. The molecule has 1 aromatic rings. The van der Waals surface area contributed by atoms with Crippen LogP contribution in [0.25, 0.3) is 0 Å². The summed E-state index contributed by atoms with van der Waals surface area (Å²) in [5.74, 6) is 0.686. The van der Waals surface area contributed by atoms with Crippen molar-refractivity contribution in [3.8, 4) is 0 Å². The van der Waals surface area contributed by atoms with E-state index >= 15 is 0 Å². The predicted octanol–water partition coefficient (Wildman–Crippen LogP) is 1.68. The highest BCUT2D eigenvalue weighted by Crippen LogP contribution is 2.03. The van der Waals surface area contributed by atoms with Gasteiger partial charge in [0.2, 0.25) is 0 Å². The largest absolute Gasteiger partial charge is 0.245 e. The molecule has 2 heteroatoms. The standard InChI is InChI=1S/C8H12N2/c1-7(2)3-8-4-9-6-10-5-8/h4-7H,3H2,1-2H3. The number of hydrogen-bond acceptors (Lipinski definition) is 2. The summed E-state index contributed by atoms with van der Waals surface area (Å²) in [6.07, 6.45) is 6.37. The van der Waals surface area contributed by atoms with Crippen molar-refractivity contribution in [2.24, 2.45) is 5.92 Å². The molecule has 0 spiro atoms. The molecule has 2 nitrogen and oxygen atoms in total. The van der Waals surface area contributed by atoms with E-state index in [1.54, 1.807) is 6.33 Å². The molecule has 0 N–H and O–H groups in total. The van der Waals surface area contributed by atoms with Crippen molar-refractivity contribution >= 4 is 0 Å². The first kappa shape index (κ1) is 7.19. The zero-order chi connectivity index (χ0) is 7.40. The van der Waals surface area contributed by atoms with Crippen LogP contribution in [0, 0.1) is 5.92 Å². The van der Waals surface area contributed by atoms with Gasteiger partial charge in [-0.2, -0.15) is 0 Å². The summed E-state index contributed by atoms with van der Waals surface area (Å²) in [4.78, 5) is 7.85. The lowest BCUT2D eigenvalue weighted by atomic mass is 10.1. The van der Waals surface area contributed by atoms with E-state index in [0.717, 1.165) is 6.42 Å². The van der Waals surface area contributed by atoms with Gasteiger partial charge in [0.1, 0.15) is 6.33 Å². The van der Waals surface area contributed by atoms with E-state index in [2.05, 4.69) is 23.8 Å². The molecule has 0 aliphatic heterocycles. The lowest BCUT2D eigenvalue weighted by Crippen LogP contribution is -1.94.